The predicted octanol–water partition coefficient (Wildman–Crippen LogP) is 0.475. The summed E-state index contributed by atoms with van der Waals surface area (Å²) < 4.78 is 21.7. The molecule has 0 aliphatic carbocycles. The highest BCUT2D eigenvalue weighted by atomic mass is 32.2. The van der Waals surface area contributed by atoms with Crippen molar-refractivity contribution in [2.45, 2.75) is 6.29 Å². The van der Waals surface area contributed by atoms with Gasteiger partial charge < -0.3 is 15.2 Å². The zero-order chi connectivity index (χ0) is 10.4. The summed E-state index contributed by atoms with van der Waals surface area (Å²) in [5.41, 5.74) is 6.08. The third-order valence-electron chi connectivity index (χ3n) is 1.36. The predicted molar refractivity (Wildman–Crippen MR) is 56.6 cm³/mol. The average Bonchev–Trinajstić information content (AvgIpc) is 2.07. The Morgan fingerprint density at radius 2 is 1.92 bits per heavy atom. The fourth-order valence-corrected chi connectivity index (χ4v) is 2.55. The molecule has 1 atom stereocenters. The third-order valence-corrected chi connectivity index (χ3v) is 3.93. The molecular weight excluding hydrogens is 210 g/mol. The Kier molecular flexibility index (Phi) is 6.40. The van der Waals surface area contributed by atoms with E-state index in [-0.39, 0.29) is 0 Å². The van der Waals surface area contributed by atoms with Gasteiger partial charge in [0.1, 0.15) is 0 Å². The lowest BCUT2D eigenvalue weighted by molar-refractivity contribution is -0.0756. The van der Waals surface area contributed by atoms with E-state index in [1.54, 1.807) is 6.26 Å². The van der Waals surface area contributed by atoms with Crippen molar-refractivity contribution in [3.05, 3.63) is 9.93 Å². The molecule has 78 valence electrons. The Bertz CT molecular complexity index is 214. The van der Waals surface area contributed by atoms with E-state index in [1.807, 2.05) is 6.26 Å². The lowest BCUT2D eigenvalue weighted by Crippen LogP contribution is -2.24. The van der Waals surface area contributed by atoms with Gasteiger partial charge in [0.15, 0.2) is 6.29 Å². The molecule has 0 saturated heterocycles. The molecule has 0 amide bonds. The lowest BCUT2D eigenvalue weighted by atomic mass is 10.5. The van der Waals surface area contributed by atoms with E-state index in [1.165, 1.54) is 26.0 Å². The van der Waals surface area contributed by atoms with Crippen LogP contribution in [0.4, 0.5) is 0 Å². The molecule has 0 spiro atoms. The van der Waals surface area contributed by atoms with Crippen molar-refractivity contribution < 1.29 is 13.7 Å². The Labute approximate surface area is 85.3 Å². The zero-order valence-electron chi connectivity index (χ0n) is 8.20. The zero-order valence-corrected chi connectivity index (χ0v) is 9.83. The van der Waals surface area contributed by atoms with E-state index >= 15 is 0 Å². The number of hydrogen-bond donors (Lipinski definition) is 1. The summed E-state index contributed by atoms with van der Waals surface area (Å²) in [6.45, 7) is 0. The van der Waals surface area contributed by atoms with Crippen molar-refractivity contribution in [2.24, 2.45) is 5.73 Å². The van der Waals surface area contributed by atoms with Crippen molar-refractivity contribution in [3.63, 3.8) is 0 Å². The first-order chi connectivity index (χ1) is 6.08. The van der Waals surface area contributed by atoms with Crippen LogP contribution < -0.4 is 5.73 Å². The van der Waals surface area contributed by atoms with Crippen molar-refractivity contribution in [1.29, 1.82) is 0 Å². The maximum atomic E-state index is 11.2. The minimum Gasteiger partial charge on any atom is -0.396 e. The molecule has 0 aliphatic rings. The van der Waals surface area contributed by atoms with Gasteiger partial charge >= 0.3 is 0 Å². The van der Waals surface area contributed by atoms with Crippen molar-refractivity contribution in [2.75, 3.05) is 26.7 Å². The van der Waals surface area contributed by atoms with Crippen LogP contribution in [0.2, 0.25) is 0 Å². The summed E-state index contributed by atoms with van der Waals surface area (Å²) in [5.74, 6) is 0. The summed E-state index contributed by atoms with van der Waals surface area (Å²) in [7, 11) is 1.87. The highest BCUT2D eigenvalue weighted by Crippen LogP contribution is 2.20. The van der Waals surface area contributed by atoms with Crippen LogP contribution in [0.3, 0.4) is 0 Å². The molecule has 0 radical (unpaired) electrons. The fraction of sp³-hybridized carbons (Fsp3) is 0.714. The van der Waals surface area contributed by atoms with Crippen LogP contribution >= 0.6 is 11.8 Å². The van der Waals surface area contributed by atoms with E-state index in [0.717, 1.165) is 0 Å². The van der Waals surface area contributed by atoms with Gasteiger partial charge in [0.05, 0.1) is 20.7 Å². The minimum absolute atomic E-state index is 0.373. The SMILES string of the molecule is COC(OC)C(N)=C(SC)S(C)=O. The molecule has 1 unspecified atom stereocenters. The number of nitrogens with two attached hydrogens (primary N) is 1. The van der Waals surface area contributed by atoms with Crippen molar-refractivity contribution in [3.8, 4) is 0 Å². The molecule has 0 heterocycles. The van der Waals surface area contributed by atoms with Gasteiger partial charge in [0.2, 0.25) is 0 Å². The van der Waals surface area contributed by atoms with Crippen LogP contribution in [-0.4, -0.2) is 37.2 Å². The topological polar surface area (TPSA) is 61.6 Å². The number of thioether (sulfide) groups is 1. The van der Waals surface area contributed by atoms with E-state index < -0.39 is 17.1 Å². The second-order valence-corrected chi connectivity index (χ2v) is 4.60. The van der Waals surface area contributed by atoms with Crippen LogP contribution in [0.1, 0.15) is 0 Å². The molecule has 0 bridgehead atoms. The summed E-state index contributed by atoms with van der Waals surface area (Å²) in [6, 6.07) is 0. The molecule has 13 heavy (non-hydrogen) atoms. The van der Waals surface area contributed by atoms with E-state index in [4.69, 9.17) is 15.2 Å². The maximum absolute atomic E-state index is 11.2. The van der Waals surface area contributed by atoms with E-state index in [2.05, 4.69) is 0 Å². The molecule has 0 aromatic rings. The number of hydrogen-bond acceptors (Lipinski definition) is 5. The highest BCUT2D eigenvalue weighted by Gasteiger charge is 2.16. The monoisotopic (exact) mass is 225 g/mol. The van der Waals surface area contributed by atoms with Crippen molar-refractivity contribution in [1.82, 2.24) is 0 Å². The largest absolute Gasteiger partial charge is 0.396 e. The first-order valence-electron chi connectivity index (χ1n) is 3.51. The lowest BCUT2D eigenvalue weighted by Gasteiger charge is -2.15. The van der Waals surface area contributed by atoms with Gasteiger partial charge in [0.25, 0.3) is 0 Å². The van der Waals surface area contributed by atoms with Gasteiger partial charge in [-0.1, -0.05) is 0 Å². The van der Waals surface area contributed by atoms with Crippen LogP contribution in [0.5, 0.6) is 0 Å². The summed E-state index contributed by atoms with van der Waals surface area (Å²) in [6.07, 6.45) is 2.76. The normalized spacial score (nSPS) is 15.8. The van der Waals surface area contributed by atoms with Gasteiger partial charge in [-0.3, -0.25) is 4.21 Å². The van der Waals surface area contributed by atoms with Crippen LogP contribution in [0.25, 0.3) is 0 Å². The Hall–Kier alpha value is -0.0400. The second kappa shape index (κ2) is 6.42. The minimum atomic E-state index is -1.10. The smallest absolute Gasteiger partial charge is 0.199 e. The molecule has 0 aromatic heterocycles. The van der Waals surface area contributed by atoms with Crippen LogP contribution in [0, 0.1) is 0 Å². The second-order valence-electron chi connectivity index (χ2n) is 2.20. The first-order valence-corrected chi connectivity index (χ1v) is 6.29. The fourth-order valence-electron chi connectivity index (χ4n) is 0.848. The van der Waals surface area contributed by atoms with Gasteiger partial charge in [-0.15, -0.1) is 11.8 Å². The van der Waals surface area contributed by atoms with E-state index in [0.29, 0.717) is 9.93 Å². The Morgan fingerprint density at radius 3 is 2.15 bits per heavy atom. The van der Waals surface area contributed by atoms with E-state index in [9.17, 15) is 4.21 Å². The van der Waals surface area contributed by atoms with Gasteiger partial charge in [-0.2, -0.15) is 0 Å². The number of rotatable bonds is 5. The van der Waals surface area contributed by atoms with Gasteiger partial charge in [0, 0.05) is 20.5 Å². The molecule has 0 aromatic carbocycles. The molecule has 2 N–H and O–H groups in total. The standard InChI is InChI=1S/C7H15NO3S2/c1-10-6(11-2)5(8)7(12-3)13(4)9/h6H,8H2,1-4H3. The number of ether oxygens (including phenoxy) is 2. The van der Waals surface area contributed by atoms with Crippen LogP contribution in [-0.2, 0) is 20.3 Å². The first kappa shape index (κ1) is 13.0. The molecule has 6 heteroatoms. The summed E-state index contributed by atoms with van der Waals surface area (Å²) in [4.78, 5) is 0. The molecule has 0 rings (SSSR count). The molecule has 0 fully saturated rings. The molecule has 0 saturated carbocycles. The summed E-state index contributed by atoms with van der Waals surface area (Å²) in [5, 5.41) is 0. The summed E-state index contributed by atoms with van der Waals surface area (Å²) >= 11 is 1.34. The molecule has 4 nitrogen and oxygen atoms in total. The third kappa shape index (κ3) is 3.68. The van der Waals surface area contributed by atoms with Crippen molar-refractivity contribution >= 4 is 22.6 Å². The molecular formula is C7H15NO3S2. The highest BCUT2D eigenvalue weighted by molar-refractivity contribution is 8.15. The van der Waals surface area contributed by atoms with Gasteiger partial charge in [-0.25, -0.2) is 0 Å². The van der Waals surface area contributed by atoms with Crippen LogP contribution in [0.15, 0.2) is 9.93 Å². The Balaban J connectivity index is 4.81. The molecule has 0 aliphatic heterocycles. The van der Waals surface area contributed by atoms with Gasteiger partial charge in [-0.05, 0) is 6.26 Å². The maximum Gasteiger partial charge on any atom is 0.199 e. The Morgan fingerprint density at radius 1 is 1.46 bits per heavy atom. The number of methoxy groups -OCH3 is 2. The average molecular weight is 225 g/mol. The quantitative estimate of drug-likeness (QED) is 0.689.